The first-order valence-corrected chi connectivity index (χ1v) is 7.08. The molecular formula is C13H26N4S. The monoisotopic (exact) mass is 270 g/mol. The predicted octanol–water partition coefficient (Wildman–Crippen LogP) is 3.32. The normalized spacial score (nSPS) is 12.7. The zero-order valence-electron chi connectivity index (χ0n) is 12.4. The van der Waals surface area contributed by atoms with Gasteiger partial charge in [0.05, 0.1) is 6.67 Å². The predicted molar refractivity (Wildman–Crippen MR) is 78.2 cm³/mol. The van der Waals surface area contributed by atoms with Gasteiger partial charge in [0.1, 0.15) is 5.82 Å². The number of H-pyrrole nitrogens is 1. The van der Waals surface area contributed by atoms with Gasteiger partial charge in [-0.15, -0.1) is 0 Å². The van der Waals surface area contributed by atoms with Gasteiger partial charge in [0, 0.05) is 11.5 Å². The molecule has 1 aromatic rings. The quantitative estimate of drug-likeness (QED) is 0.834. The molecule has 18 heavy (non-hydrogen) atoms. The van der Waals surface area contributed by atoms with Crippen molar-refractivity contribution in [1.82, 2.24) is 19.7 Å². The van der Waals surface area contributed by atoms with Crippen LogP contribution in [0.15, 0.2) is 0 Å². The van der Waals surface area contributed by atoms with E-state index in [-0.39, 0.29) is 5.41 Å². The second-order valence-corrected chi connectivity index (χ2v) is 6.27. The minimum Gasteiger partial charge on any atom is -0.285 e. The molecule has 0 fully saturated rings. The summed E-state index contributed by atoms with van der Waals surface area (Å²) in [7, 11) is 2.14. The fourth-order valence-electron chi connectivity index (χ4n) is 2.04. The van der Waals surface area contributed by atoms with Gasteiger partial charge in [-0.05, 0) is 32.1 Å². The van der Waals surface area contributed by atoms with Gasteiger partial charge in [-0.25, -0.2) is 9.67 Å². The number of nitrogens with zero attached hydrogens (tertiary/aromatic N) is 3. The van der Waals surface area contributed by atoms with Gasteiger partial charge in [0.15, 0.2) is 0 Å². The van der Waals surface area contributed by atoms with Crippen molar-refractivity contribution in [2.24, 2.45) is 0 Å². The van der Waals surface area contributed by atoms with Gasteiger partial charge in [-0.3, -0.25) is 10.00 Å². The van der Waals surface area contributed by atoms with E-state index < -0.39 is 0 Å². The zero-order chi connectivity index (χ0) is 13.9. The van der Waals surface area contributed by atoms with Gasteiger partial charge < -0.3 is 0 Å². The van der Waals surface area contributed by atoms with Crippen LogP contribution >= 0.6 is 12.2 Å². The molecule has 0 aliphatic carbocycles. The fourth-order valence-corrected chi connectivity index (χ4v) is 2.23. The van der Waals surface area contributed by atoms with Crippen molar-refractivity contribution in [2.45, 2.75) is 65.6 Å². The van der Waals surface area contributed by atoms with Crippen LogP contribution in [0.25, 0.3) is 0 Å². The van der Waals surface area contributed by atoms with E-state index in [0.717, 1.165) is 25.3 Å². The van der Waals surface area contributed by atoms with Crippen molar-refractivity contribution in [1.29, 1.82) is 0 Å². The number of aromatic amines is 1. The summed E-state index contributed by atoms with van der Waals surface area (Å²) >= 11 is 5.31. The third-order valence-corrected chi connectivity index (χ3v) is 3.63. The van der Waals surface area contributed by atoms with Crippen LogP contribution < -0.4 is 0 Å². The van der Waals surface area contributed by atoms with E-state index in [0.29, 0.717) is 10.8 Å². The maximum absolute atomic E-state index is 5.31. The van der Waals surface area contributed by atoms with Gasteiger partial charge in [-0.1, -0.05) is 34.6 Å². The number of rotatable bonds is 5. The standard InChI is InChI=1S/C13H26N4S/c1-7-10(8-2)16(6)9-17-12(18)14-11(15-17)13(3,4)5/h10H,7-9H2,1-6H3,(H,14,15,18). The van der Waals surface area contributed by atoms with E-state index >= 15 is 0 Å². The largest absolute Gasteiger partial charge is 0.285 e. The Morgan fingerprint density at radius 1 is 1.33 bits per heavy atom. The smallest absolute Gasteiger partial charge is 0.217 e. The molecule has 1 aromatic heterocycles. The summed E-state index contributed by atoms with van der Waals surface area (Å²) in [6, 6.07) is 0.591. The molecule has 0 aromatic carbocycles. The molecule has 5 heteroatoms. The van der Waals surface area contributed by atoms with Crippen LogP contribution in [0.1, 0.15) is 53.3 Å². The van der Waals surface area contributed by atoms with Crippen LogP contribution in [-0.2, 0) is 12.1 Å². The van der Waals surface area contributed by atoms with Crippen molar-refractivity contribution < 1.29 is 0 Å². The highest BCUT2D eigenvalue weighted by Gasteiger charge is 2.19. The molecule has 0 radical (unpaired) electrons. The molecule has 1 rings (SSSR count). The Labute approximate surface area is 115 Å². The highest BCUT2D eigenvalue weighted by Crippen LogP contribution is 2.18. The SMILES string of the molecule is CCC(CC)N(C)Cn1[nH]c(C(C)(C)C)nc1=S. The van der Waals surface area contributed by atoms with E-state index in [1.54, 1.807) is 0 Å². The van der Waals surface area contributed by atoms with E-state index in [2.05, 4.69) is 56.6 Å². The van der Waals surface area contributed by atoms with Crippen LogP contribution in [0.4, 0.5) is 0 Å². The first-order chi connectivity index (χ1) is 8.29. The zero-order valence-corrected chi connectivity index (χ0v) is 13.3. The molecule has 0 amide bonds. The highest BCUT2D eigenvalue weighted by molar-refractivity contribution is 7.71. The molecule has 0 aliphatic heterocycles. The second kappa shape index (κ2) is 5.97. The van der Waals surface area contributed by atoms with E-state index in [1.165, 1.54) is 0 Å². The molecule has 104 valence electrons. The summed E-state index contributed by atoms with van der Waals surface area (Å²) in [4.78, 5) is 6.76. The van der Waals surface area contributed by atoms with Crippen LogP contribution in [-0.4, -0.2) is 32.8 Å². The van der Waals surface area contributed by atoms with Crippen LogP contribution in [0, 0.1) is 4.77 Å². The Bertz CT molecular complexity index is 423. The van der Waals surface area contributed by atoms with Crippen molar-refractivity contribution >= 4 is 12.2 Å². The lowest BCUT2D eigenvalue weighted by Gasteiger charge is -2.26. The van der Waals surface area contributed by atoms with Crippen LogP contribution in [0.3, 0.4) is 0 Å². The molecule has 0 saturated heterocycles. The lowest BCUT2D eigenvalue weighted by molar-refractivity contribution is 0.172. The molecule has 1 heterocycles. The summed E-state index contributed by atoms with van der Waals surface area (Å²) in [6.07, 6.45) is 2.31. The van der Waals surface area contributed by atoms with Crippen LogP contribution in [0.2, 0.25) is 0 Å². The summed E-state index contributed by atoms with van der Waals surface area (Å²) in [5.74, 6) is 0.949. The molecule has 1 N–H and O–H groups in total. The van der Waals surface area contributed by atoms with Crippen molar-refractivity contribution in [3.63, 3.8) is 0 Å². The Balaban J connectivity index is 2.86. The van der Waals surface area contributed by atoms with Crippen molar-refractivity contribution in [2.75, 3.05) is 7.05 Å². The van der Waals surface area contributed by atoms with E-state index in [4.69, 9.17) is 12.2 Å². The highest BCUT2D eigenvalue weighted by atomic mass is 32.1. The molecule has 0 spiro atoms. The molecule has 4 nitrogen and oxygen atoms in total. The molecule has 0 bridgehead atoms. The number of nitrogens with one attached hydrogen (secondary N) is 1. The molecule has 0 unspecified atom stereocenters. The summed E-state index contributed by atoms with van der Waals surface area (Å²) in [5, 5.41) is 3.32. The minimum atomic E-state index is 0.00625. The molecule has 0 aliphatic rings. The Kier molecular flexibility index (Phi) is 5.10. The first-order valence-electron chi connectivity index (χ1n) is 6.67. The topological polar surface area (TPSA) is 36.9 Å². The summed E-state index contributed by atoms with van der Waals surface area (Å²) in [5.41, 5.74) is 0.00625. The van der Waals surface area contributed by atoms with E-state index in [9.17, 15) is 0 Å². The fraction of sp³-hybridized carbons (Fsp3) is 0.846. The number of hydrogen-bond donors (Lipinski definition) is 1. The average Bonchev–Trinajstić information content (AvgIpc) is 2.62. The Morgan fingerprint density at radius 2 is 1.89 bits per heavy atom. The first kappa shape index (κ1) is 15.4. The van der Waals surface area contributed by atoms with Gasteiger partial charge in [-0.2, -0.15) is 0 Å². The lowest BCUT2D eigenvalue weighted by atomic mass is 9.96. The maximum Gasteiger partial charge on any atom is 0.217 e. The number of hydrogen-bond acceptors (Lipinski definition) is 3. The van der Waals surface area contributed by atoms with Crippen molar-refractivity contribution in [3.05, 3.63) is 10.6 Å². The van der Waals surface area contributed by atoms with Crippen LogP contribution in [0.5, 0.6) is 0 Å². The van der Waals surface area contributed by atoms with Gasteiger partial charge in [0.2, 0.25) is 4.77 Å². The summed E-state index contributed by atoms with van der Waals surface area (Å²) < 4.78 is 2.59. The minimum absolute atomic E-state index is 0.00625. The second-order valence-electron chi connectivity index (χ2n) is 5.90. The van der Waals surface area contributed by atoms with Gasteiger partial charge in [0.25, 0.3) is 0 Å². The maximum atomic E-state index is 5.31. The average molecular weight is 270 g/mol. The van der Waals surface area contributed by atoms with E-state index in [1.807, 2.05) is 4.68 Å². The number of aromatic nitrogens is 3. The molecular weight excluding hydrogens is 244 g/mol. The van der Waals surface area contributed by atoms with Crippen molar-refractivity contribution in [3.8, 4) is 0 Å². The third kappa shape index (κ3) is 3.65. The van der Waals surface area contributed by atoms with Gasteiger partial charge >= 0.3 is 0 Å². The Morgan fingerprint density at radius 3 is 2.28 bits per heavy atom. The lowest BCUT2D eigenvalue weighted by Crippen LogP contribution is -2.33. The third-order valence-electron chi connectivity index (χ3n) is 3.32. The summed E-state index contributed by atoms with van der Waals surface area (Å²) in [6.45, 7) is 11.6. The Hall–Kier alpha value is -0.680. The molecule has 0 atom stereocenters. The molecule has 0 saturated carbocycles.